The normalized spacial score (nSPS) is 12.5. The Morgan fingerprint density at radius 2 is 1.79 bits per heavy atom. The highest BCUT2D eigenvalue weighted by molar-refractivity contribution is 7.98. The van der Waals surface area contributed by atoms with Gasteiger partial charge in [0.15, 0.2) is 0 Å². The molecular formula is C18H25N3O6S. The van der Waals surface area contributed by atoms with Gasteiger partial charge >= 0.3 is 12.1 Å². The van der Waals surface area contributed by atoms with Gasteiger partial charge in [-0.05, 0) is 30.4 Å². The van der Waals surface area contributed by atoms with Crippen molar-refractivity contribution in [2.45, 2.75) is 38.0 Å². The monoisotopic (exact) mass is 411 g/mol. The summed E-state index contributed by atoms with van der Waals surface area (Å²) in [4.78, 5) is 46.6. The SMILES string of the molecule is CSCC[C@H](NC(=O)OCc1ccccc1)C(=O)N[C@@H](CCC(N)=O)C(=O)O. The van der Waals surface area contributed by atoms with Gasteiger partial charge < -0.3 is 26.2 Å². The summed E-state index contributed by atoms with van der Waals surface area (Å²) in [6.45, 7) is 0.0416. The summed E-state index contributed by atoms with van der Waals surface area (Å²) in [7, 11) is 0. The molecule has 0 fully saturated rings. The van der Waals surface area contributed by atoms with Crippen LogP contribution in [0.1, 0.15) is 24.8 Å². The number of carbonyl (C=O) groups is 4. The molecule has 0 radical (unpaired) electrons. The molecule has 0 aromatic heterocycles. The van der Waals surface area contributed by atoms with Gasteiger partial charge in [-0.15, -0.1) is 0 Å². The molecule has 0 aliphatic heterocycles. The summed E-state index contributed by atoms with van der Waals surface area (Å²) in [6, 6.07) is 6.80. The van der Waals surface area contributed by atoms with E-state index in [1.54, 1.807) is 12.1 Å². The van der Waals surface area contributed by atoms with Crippen LogP contribution in [-0.4, -0.2) is 53.1 Å². The van der Waals surface area contributed by atoms with Crippen molar-refractivity contribution in [2.75, 3.05) is 12.0 Å². The number of nitrogens with one attached hydrogen (secondary N) is 2. The number of carboxylic acids is 1. The van der Waals surface area contributed by atoms with E-state index >= 15 is 0 Å². The van der Waals surface area contributed by atoms with Crippen LogP contribution in [-0.2, 0) is 25.7 Å². The average molecular weight is 411 g/mol. The Labute approximate surface area is 167 Å². The highest BCUT2D eigenvalue weighted by Crippen LogP contribution is 2.05. The Morgan fingerprint density at radius 3 is 2.36 bits per heavy atom. The van der Waals surface area contributed by atoms with E-state index in [0.29, 0.717) is 5.75 Å². The molecule has 5 N–H and O–H groups in total. The minimum absolute atomic E-state index is 0.0416. The summed E-state index contributed by atoms with van der Waals surface area (Å²) in [5.74, 6) is -2.05. The number of carbonyl (C=O) groups excluding carboxylic acids is 3. The van der Waals surface area contributed by atoms with E-state index in [0.717, 1.165) is 5.56 Å². The van der Waals surface area contributed by atoms with Crippen LogP contribution in [0, 0.1) is 0 Å². The van der Waals surface area contributed by atoms with Crippen molar-refractivity contribution in [3.8, 4) is 0 Å². The number of aliphatic carboxylic acids is 1. The molecule has 0 heterocycles. The number of amides is 3. The molecule has 0 saturated heterocycles. The summed E-state index contributed by atoms with van der Waals surface area (Å²) in [5.41, 5.74) is 5.82. The predicted octanol–water partition coefficient (Wildman–Crippen LogP) is 0.869. The summed E-state index contributed by atoms with van der Waals surface area (Å²) < 4.78 is 5.11. The van der Waals surface area contributed by atoms with Gasteiger partial charge in [0, 0.05) is 6.42 Å². The number of primary amides is 1. The lowest BCUT2D eigenvalue weighted by atomic mass is 10.1. The van der Waals surface area contributed by atoms with Crippen molar-refractivity contribution in [1.82, 2.24) is 10.6 Å². The fourth-order valence-corrected chi connectivity index (χ4v) is 2.70. The largest absolute Gasteiger partial charge is 0.480 e. The molecule has 9 nitrogen and oxygen atoms in total. The van der Waals surface area contributed by atoms with E-state index in [2.05, 4.69) is 10.6 Å². The molecule has 0 saturated carbocycles. The number of carboxylic acid groups (broad SMARTS) is 1. The van der Waals surface area contributed by atoms with Crippen molar-refractivity contribution < 1.29 is 29.0 Å². The number of benzene rings is 1. The topological polar surface area (TPSA) is 148 Å². The zero-order valence-electron chi connectivity index (χ0n) is 15.6. The van der Waals surface area contributed by atoms with Gasteiger partial charge in [0.05, 0.1) is 0 Å². The zero-order chi connectivity index (χ0) is 20.9. The van der Waals surface area contributed by atoms with Crippen molar-refractivity contribution in [3.63, 3.8) is 0 Å². The minimum atomic E-state index is -1.29. The minimum Gasteiger partial charge on any atom is -0.480 e. The maximum Gasteiger partial charge on any atom is 0.408 e. The van der Waals surface area contributed by atoms with Gasteiger partial charge in [-0.25, -0.2) is 9.59 Å². The van der Waals surface area contributed by atoms with Gasteiger partial charge in [0.25, 0.3) is 0 Å². The van der Waals surface area contributed by atoms with Crippen LogP contribution in [0.4, 0.5) is 4.79 Å². The van der Waals surface area contributed by atoms with Crippen LogP contribution in [0.15, 0.2) is 30.3 Å². The third-order valence-electron chi connectivity index (χ3n) is 3.73. The smallest absolute Gasteiger partial charge is 0.408 e. The van der Waals surface area contributed by atoms with E-state index in [9.17, 15) is 24.3 Å². The number of hydrogen-bond acceptors (Lipinski definition) is 6. The molecule has 0 unspecified atom stereocenters. The van der Waals surface area contributed by atoms with E-state index in [1.807, 2.05) is 24.5 Å². The second-order valence-electron chi connectivity index (χ2n) is 5.94. The second-order valence-corrected chi connectivity index (χ2v) is 6.93. The molecule has 10 heteroatoms. The van der Waals surface area contributed by atoms with Gasteiger partial charge in [0.2, 0.25) is 11.8 Å². The zero-order valence-corrected chi connectivity index (χ0v) is 16.4. The van der Waals surface area contributed by atoms with Crippen LogP contribution >= 0.6 is 11.8 Å². The van der Waals surface area contributed by atoms with Gasteiger partial charge in [-0.3, -0.25) is 9.59 Å². The third-order valence-corrected chi connectivity index (χ3v) is 4.37. The molecule has 2 atom stereocenters. The summed E-state index contributed by atoms with van der Waals surface area (Å²) >= 11 is 1.47. The number of thioether (sulfide) groups is 1. The number of alkyl carbamates (subject to hydrolysis) is 1. The molecule has 28 heavy (non-hydrogen) atoms. The molecule has 1 rings (SSSR count). The van der Waals surface area contributed by atoms with Crippen LogP contribution in [0.2, 0.25) is 0 Å². The van der Waals surface area contributed by atoms with Crippen LogP contribution in [0.5, 0.6) is 0 Å². The Balaban J connectivity index is 2.65. The Hall–Kier alpha value is -2.75. The summed E-state index contributed by atoms with van der Waals surface area (Å²) in [5, 5.41) is 14.0. The van der Waals surface area contributed by atoms with Crippen LogP contribution in [0.25, 0.3) is 0 Å². The molecular weight excluding hydrogens is 386 g/mol. The second kappa shape index (κ2) is 12.6. The Morgan fingerprint density at radius 1 is 1.11 bits per heavy atom. The molecule has 154 valence electrons. The van der Waals surface area contributed by atoms with Gasteiger partial charge in [0.1, 0.15) is 18.7 Å². The number of nitrogens with two attached hydrogens (primary N) is 1. The quantitative estimate of drug-likeness (QED) is 0.399. The van der Waals surface area contributed by atoms with E-state index in [1.165, 1.54) is 11.8 Å². The third kappa shape index (κ3) is 9.26. The molecule has 0 aliphatic carbocycles. The summed E-state index contributed by atoms with van der Waals surface area (Å²) in [6.07, 6.45) is 1.03. The van der Waals surface area contributed by atoms with E-state index in [4.69, 9.17) is 10.5 Å². The lowest BCUT2D eigenvalue weighted by molar-refractivity contribution is -0.142. The first-order chi connectivity index (χ1) is 13.3. The van der Waals surface area contributed by atoms with Crippen molar-refractivity contribution >= 4 is 35.6 Å². The van der Waals surface area contributed by atoms with E-state index < -0.39 is 36.0 Å². The number of ether oxygens (including phenoxy) is 1. The molecule has 1 aromatic carbocycles. The molecule has 3 amide bonds. The van der Waals surface area contributed by atoms with Crippen molar-refractivity contribution in [1.29, 1.82) is 0 Å². The molecule has 1 aromatic rings. The molecule has 0 bridgehead atoms. The first-order valence-electron chi connectivity index (χ1n) is 8.61. The predicted molar refractivity (Wildman–Crippen MR) is 105 cm³/mol. The number of hydrogen-bond donors (Lipinski definition) is 4. The van der Waals surface area contributed by atoms with E-state index in [-0.39, 0.29) is 25.9 Å². The highest BCUT2D eigenvalue weighted by atomic mass is 32.2. The van der Waals surface area contributed by atoms with Crippen LogP contribution < -0.4 is 16.4 Å². The van der Waals surface area contributed by atoms with Crippen molar-refractivity contribution in [2.24, 2.45) is 5.73 Å². The fraction of sp³-hybridized carbons (Fsp3) is 0.444. The maximum atomic E-state index is 12.4. The lowest BCUT2D eigenvalue weighted by Gasteiger charge is -2.21. The first kappa shape index (κ1) is 23.3. The molecule has 0 aliphatic rings. The lowest BCUT2D eigenvalue weighted by Crippen LogP contribution is -2.52. The molecule has 0 spiro atoms. The Bertz CT molecular complexity index is 671. The Kier molecular flexibility index (Phi) is 10.5. The highest BCUT2D eigenvalue weighted by Gasteiger charge is 2.27. The maximum absolute atomic E-state index is 12.4. The van der Waals surface area contributed by atoms with Gasteiger partial charge in [-0.1, -0.05) is 30.3 Å². The number of rotatable bonds is 12. The van der Waals surface area contributed by atoms with Crippen molar-refractivity contribution in [3.05, 3.63) is 35.9 Å². The average Bonchev–Trinajstić information content (AvgIpc) is 2.66. The fourth-order valence-electron chi connectivity index (χ4n) is 2.23. The first-order valence-corrected chi connectivity index (χ1v) is 10.0. The van der Waals surface area contributed by atoms with Crippen LogP contribution in [0.3, 0.4) is 0 Å². The standard InChI is InChI=1S/C18H25N3O6S/c1-28-10-9-13(16(23)20-14(17(24)25)7-8-15(19)22)21-18(26)27-11-12-5-3-2-4-6-12/h2-6,13-14H,7-11H2,1H3,(H2,19,22)(H,20,23)(H,21,26)(H,24,25)/t13-,14-/m0/s1. The van der Waals surface area contributed by atoms with Gasteiger partial charge in [-0.2, -0.15) is 11.8 Å².